The van der Waals surface area contributed by atoms with Crippen LogP contribution in [0.4, 0.5) is 10.8 Å². The summed E-state index contributed by atoms with van der Waals surface area (Å²) >= 11 is 1.58. The van der Waals surface area contributed by atoms with Crippen LogP contribution in [-0.4, -0.2) is 30.2 Å². The Bertz CT molecular complexity index is 408. The zero-order valence-electron chi connectivity index (χ0n) is 10.9. The third-order valence-electron chi connectivity index (χ3n) is 3.85. The summed E-state index contributed by atoms with van der Waals surface area (Å²) in [6.07, 6.45) is 5.25. The summed E-state index contributed by atoms with van der Waals surface area (Å²) in [5.74, 6) is 1.45. The summed E-state index contributed by atoms with van der Waals surface area (Å²) in [6, 6.07) is 0. The molecule has 1 saturated carbocycles. The highest BCUT2D eigenvalue weighted by Crippen LogP contribution is 2.49. The lowest BCUT2D eigenvalue weighted by atomic mass is 10.1. The lowest BCUT2D eigenvalue weighted by molar-refractivity contribution is 0.0460. The summed E-state index contributed by atoms with van der Waals surface area (Å²) in [5.41, 5.74) is 7.34. The second-order valence-electron chi connectivity index (χ2n) is 5.20. The summed E-state index contributed by atoms with van der Waals surface area (Å²) in [7, 11) is 0. The van der Waals surface area contributed by atoms with Crippen molar-refractivity contribution in [2.75, 3.05) is 30.3 Å². The monoisotopic (exact) mass is 267 g/mol. The Morgan fingerprint density at radius 2 is 2.06 bits per heavy atom. The van der Waals surface area contributed by atoms with Crippen molar-refractivity contribution in [3.05, 3.63) is 5.56 Å². The molecule has 1 aliphatic carbocycles. The molecule has 2 aliphatic rings. The summed E-state index contributed by atoms with van der Waals surface area (Å²) < 4.78 is 10.1. The molecule has 100 valence electrons. The maximum atomic E-state index is 6.01. The van der Waals surface area contributed by atoms with Crippen LogP contribution in [0.25, 0.3) is 0 Å². The van der Waals surface area contributed by atoms with Crippen LogP contribution in [0.2, 0.25) is 0 Å². The SMILES string of the molecule is CCOC1CCN(c2snc(N)c2C2CC2)CC1. The van der Waals surface area contributed by atoms with Crippen LogP contribution in [0.5, 0.6) is 0 Å². The van der Waals surface area contributed by atoms with Crippen LogP contribution < -0.4 is 10.6 Å². The van der Waals surface area contributed by atoms with Crippen LogP contribution in [0.3, 0.4) is 0 Å². The lowest BCUT2D eigenvalue weighted by Gasteiger charge is -2.32. The standard InChI is InChI=1S/C13H21N3OS/c1-2-17-10-5-7-16(8-6-10)13-11(9-3-4-9)12(14)15-18-13/h9-10H,2-8H2,1H3,(H2,14,15). The van der Waals surface area contributed by atoms with Gasteiger partial charge in [-0.25, -0.2) is 0 Å². The summed E-state index contributed by atoms with van der Waals surface area (Å²) in [4.78, 5) is 2.46. The molecule has 1 aliphatic heterocycles. The van der Waals surface area contributed by atoms with Gasteiger partial charge in [0.15, 0.2) is 0 Å². The molecule has 0 radical (unpaired) electrons. The van der Waals surface area contributed by atoms with E-state index in [1.807, 2.05) is 0 Å². The summed E-state index contributed by atoms with van der Waals surface area (Å²) in [5, 5.41) is 1.32. The van der Waals surface area contributed by atoms with Crippen molar-refractivity contribution >= 4 is 22.4 Å². The highest BCUT2D eigenvalue weighted by atomic mass is 32.1. The smallest absolute Gasteiger partial charge is 0.142 e. The minimum Gasteiger partial charge on any atom is -0.383 e. The Balaban J connectivity index is 1.69. The molecule has 2 heterocycles. The minimum atomic E-state index is 0.445. The highest BCUT2D eigenvalue weighted by molar-refractivity contribution is 7.10. The number of nitrogens with zero attached hydrogens (tertiary/aromatic N) is 2. The van der Waals surface area contributed by atoms with Crippen LogP contribution in [0.1, 0.15) is 44.1 Å². The van der Waals surface area contributed by atoms with Gasteiger partial charge >= 0.3 is 0 Å². The van der Waals surface area contributed by atoms with E-state index in [2.05, 4.69) is 16.2 Å². The van der Waals surface area contributed by atoms with Gasteiger partial charge in [0.05, 0.1) is 6.10 Å². The van der Waals surface area contributed by atoms with E-state index in [0.29, 0.717) is 12.0 Å². The number of hydrogen-bond acceptors (Lipinski definition) is 5. The number of nitrogens with two attached hydrogens (primary N) is 1. The maximum Gasteiger partial charge on any atom is 0.142 e. The first kappa shape index (κ1) is 12.2. The van der Waals surface area contributed by atoms with Crippen molar-refractivity contribution < 1.29 is 4.74 Å². The van der Waals surface area contributed by atoms with Gasteiger partial charge in [-0.15, -0.1) is 0 Å². The zero-order valence-corrected chi connectivity index (χ0v) is 11.7. The van der Waals surface area contributed by atoms with E-state index in [4.69, 9.17) is 10.5 Å². The number of anilines is 2. The van der Waals surface area contributed by atoms with Crippen molar-refractivity contribution in [1.29, 1.82) is 0 Å². The van der Waals surface area contributed by atoms with Gasteiger partial charge in [0.1, 0.15) is 10.8 Å². The number of nitrogen functional groups attached to an aromatic ring is 1. The molecule has 5 heteroatoms. The van der Waals surface area contributed by atoms with Crippen molar-refractivity contribution in [3.63, 3.8) is 0 Å². The Labute approximate surface area is 112 Å². The second-order valence-corrected chi connectivity index (χ2v) is 5.95. The Morgan fingerprint density at radius 1 is 1.33 bits per heavy atom. The van der Waals surface area contributed by atoms with E-state index in [1.54, 1.807) is 11.5 Å². The highest BCUT2D eigenvalue weighted by Gasteiger charge is 2.33. The molecule has 4 nitrogen and oxygen atoms in total. The van der Waals surface area contributed by atoms with Gasteiger partial charge in [0, 0.05) is 25.3 Å². The predicted molar refractivity (Wildman–Crippen MR) is 75.4 cm³/mol. The molecule has 1 aromatic heterocycles. The van der Waals surface area contributed by atoms with E-state index >= 15 is 0 Å². The van der Waals surface area contributed by atoms with Crippen LogP contribution >= 0.6 is 11.5 Å². The van der Waals surface area contributed by atoms with E-state index in [0.717, 1.165) is 38.4 Å². The van der Waals surface area contributed by atoms with E-state index in [-0.39, 0.29) is 0 Å². The molecule has 3 rings (SSSR count). The van der Waals surface area contributed by atoms with E-state index in [1.165, 1.54) is 23.4 Å². The maximum absolute atomic E-state index is 6.01. The fourth-order valence-corrected chi connectivity index (χ4v) is 3.70. The van der Waals surface area contributed by atoms with Crippen molar-refractivity contribution in [1.82, 2.24) is 4.37 Å². The lowest BCUT2D eigenvalue weighted by Crippen LogP contribution is -2.37. The van der Waals surface area contributed by atoms with Gasteiger partial charge in [-0.2, -0.15) is 4.37 Å². The molecule has 18 heavy (non-hydrogen) atoms. The Hall–Kier alpha value is -0.810. The molecule has 0 atom stereocenters. The van der Waals surface area contributed by atoms with Crippen molar-refractivity contribution in [2.24, 2.45) is 0 Å². The Morgan fingerprint density at radius 3 is 2.67 bits per heavy atom. The Kier molecular flexibility index (Phi) is 3.43. The molecule has 2 fully saturated rings. The van der Waals surface area contributed by atoms with Gasteiger partial charge < -0.3 is 15.4 Å². The fraction of sp³-hybridized carbons (Fsp3) is 0.769. The third-order valence-corrected chi connectivity index (χ3v) is 4.79. The van der Waals surface area contributed by atoms with Gasteiger partial charge in [-0.3, -0.25) is 0 Å². The van der Waals surface area contributed by atoms with Gasteiger partial charge in [-0.05, 0) is 50.1 Å². The van der Waals surface area contributed by atoms with Gasteiger partial charge in [-0.1, -0.05) is 0 Å². The largest absolute Gasteiger partial charge is 0.383 e. The number of rotatable bonds is 4. The van der Waals surface area contributed by atoms with E-state index in [9.17, 15) is 0 Å². The first-order valence-corrected chi connectivity index (χ1v) is 7.68. The average Bonchev–Trinajstić information content (AvgIpc) is 3.14. The molecule has 0 bridgehead atoms. The third kappa shape index (κ3) is 2.34. The second kappa shape index (κ2) is 5.05. The first-order valence-electron chi connectivity index (χ1n) is 6.91. The molecule has 1 aromatic rings. The summed E-state index contributed by atoms with van der Waals surface area (Å²) in [6.45, 7) is 5.05. The molecule has 1 saturated heterocycles. The van der Waals surface area contributed by atoms with Crippen molar-refractivity contribution in [3.8, 4) is 0 Å². The molecule has 0 unspecified atom stereocenters. The molecule has 0 aromatic carbocycles. The van der Waals surface area contributed by atoms with Crippen molar-refractivity contribution in [2.45, 2.75) is 44.6 Å². The molecule has 0 amide bonds. The minimum absolute atomic E-state index is 0.445. The normalized spacial score (nSPS) is 21.5. The molecular formula is C13H21N3OS. The molecule has 0 spiro atoms. The van der Waals surface area contributed by atoms with Gasteiger partial charge in [0.2, 0.25) is 0 Å². The fourth-order valence-electron chi connectivity index (χ4n) is 2.75. The topological polar surface area (TPSA) is 51.4 Å². The van der Waals surface area contributed by atoms with Crippen LogP contribution in [0.15, 0.2) is 0 Å². The average molecular weight is 267 g/mol. The quantitative estimate of drug-likeness (QED) is 0.911. The molecule has 2 N–H and O–H groups in total. The number of piperidine rings is 1. The number of hydrogen-bond donors (Lipinski definition) is 1. The van der Waals surface area contributed by atoms with Gasteiger partial charge in [0.25, 0.3) is 0 Å². The predicted octanol–water partition coefficient (Wildman–Crippen LogP) is 2.61. The first-order chi connectivity index (χ1) is 8.79. The zero-order chi connectivity index (χ0) is 12.5. The molecular weight excluding hydrogens is 246 g/mol. The number of aromatic nitrogens is 1. The van der Waals surface area contributed by atoms with E-state index < -0.39 is 0 Å². The van der Waals surface area contributed by atoms with Crippen LogP contribution in [-0.2, 0) is 4.74 Å². The van der Waals surface area contributed by atoms with Crippen LogP contribution in [0, 0.1) is 0 Å². The number of ether oxygens (including phenoxy) is 1.